The van der Waals surface area contributed by atoms with Crippen LogP contribution in [0.25, 0.3) is 0 Å². The standard InChI is InChI=1S/C17H22F2N2O6/c1-17(2,3)27-16(25)13(20)8-5-9(18)12(10(19)6-8)14(23)21-11(7-22)15(24)26-4/h5-6,11,13,22H,7,20H2,1-4H3,(H,21,23). The first kappa shape index (κ1) is 22.5. The molecule has 0 fully saturated rings. The number of carbonyl (C=O) groups is 3. The Kier molecular flexibility index (Phi) is 7.37. The van der Waals surface area contributed by atoms with Gasteiger partial charge in [0.05, 0.1) is 13.7 Å². The van der Waals surface area contributed by atoms with Gasteiger partial charge in [0.25, 0.3) is 5.91 Å². The van der Waals surface area contributed by atoms with Crippen molar-refractivity contribution in [3.63, 3.8) is 0 Å². The van der Waals surface area contributed by atoms with Gasteiger partial charge >= 0.3 is 11.9 Å². The smallest absolute Gasteiger partial charge is 0.330 e. The molecule has 0 aliphatic heterocycles. The zero-order valence-corrected chi connectivity index (χ0v) is 15.3. The molecule has 1 aromatic carbocycles. The number of nitrogens with two attached hydrogens (primary N) is 1. The van der Waals surface area contributed by atoms with Gasteiger partial charge in [0.2, 0.25) is 0 Å². The van der Waals surface area contributed by atoms with Crippen molar-refractivity contribution in [1.82, 2.24) is 5.32 Å². The van der Waals surface area contributed by atoms with E-state index in [-0.39, 0.29) is 5.56 Å². The number of hydrogen-bond acceptors (Lipinski definition) is 7. The van der Waals surface area contributed by atoms with Gasteiger partial charge in [0.1, 0.15) is 28.8 Å². The summed E-state index contributed by atoms with van der Waals surface area (Å²) in [4.78, 5) is 35.3. The minimum Gasteiger partial charge on any atom is -0.467 e. The fraction of sp³-hybridized carbons (Fsp3) is 0.471. The molecule has 0 aliphatic carbocycles. The van der Waals surface area contributed by atoms with E-state index < -0.39 is 59.3 Å². The molecule has 0 bridgehead atoms. The molecule has 0 saturated heterocycles. The number of methoxy groups -OCH3 is 1. The molecule has 4 N–H and O–H groups in total. The van der Waals surface area contributed by atoms with Crippen molar-refractivity contribution in [3.8, 4) is 0 Å². The van der Waals surface area contributed by atoms with Gasteiger partial charge in [-0.25, -0.2) is 18.4 Å². The lowest BCUT2D eigenvalue weighted by atomic mass is 10.0. The molecule has 0 aromatic heterocycles. The SMILES string of the molecule is COC(=O)C(CO)NC(=O)c1c(F)cc(C(N)C(=O)OC(C)(C)C)cc1F. The Morgan fingerprint density at radius 2 is 1.70 bits per heavy atom. The molecule has 0 heterocycles. The molecule has 0 radical (unpaired) electrons. The quantitative estimate of drug-likeness (QED) is 0.608. The van der Waals surface area contributed by atoms with Crippen molar-refractivity contribution >= 4 is 17.8 Å². The molecule has 1 aromatic rings. The van der Waals surface area contributed by atoms with E-state index in [0.29, 0.717) is 0 Å². The maximum atomic E-state index is 14.3. The Balaban J connectivity index is 3.09. The number of hydrogen-bond donors (Lipinski definition) is 3. The first-order chi connectivity index (χ1) is 12.4. The molecule has 8 nitrogen and oxygen atoms in total. The van der Waals surface area contributed by atoms with E-state index in [1.807, 2.05) is 5.32 Å². The third-order valence-electron chi connectivity index (χ3n) is 3.28. The van der Waals surface area contributed by atoms with Gasteiger partial charge in [-0.1, -0.05) is 0 Å². The monoisotopic (exact) mass is 388 g/mol. The number of halogens is 2. The van der Waals surface area contributed by atoms with E-state index >= 15 is 0 Å². The molecule has 0 aliphatic rings. The zero-order chi connectivity index (χ0) is 20.9. The summed E-state index contributed by atoms with van der Waals surface area (Å²) in [6.45, 7) is 3.98. The Bertz CT molecular complexity index is 710. The Morgan fingerprint density at radius 1 is 1.19 bits per heavy atom. The molecule has 0 saturated carbocycles. The van der Waals surface area contributed by atoms with Crippen molar-refractivity contribution in [2.45, 2.75) is 38.5 Å². The lowest BCUT2D eigenvalue weighted by Gasteiger charge is -2.22. The minimum absolute atomic E-state index is 0.234. The highest BCUT2D eigenvalue weighted by molar-refractivity contribution is 5.97. The summed E-state index contributed by atoms with van der Waals surface area (Å²) in [6.07, 6.45) is 0. The summed E-state index contributed by atoms with van der Waals surface area (Å²) in [5, 5.41) is 11.0. The summed E-state index contributed by atoms with van der Waals surface area (Å²) in [7, 11) is 1.02. The molecule has 0 spiro atoms. The van der Waals surface area contributed by atoms with Gasteiger partial charge in [0.15, 0.2) is 6.04 Å². The second-order valence-electron chi connectivity index (χ2n) is 6.60. The van der Waals surface area contributed by atoms with E-state index in [0.717, 1.165) is 19.2 Å². The highest BCUT2D eigenvalue weighted by atomic mass is 19.1. The largest absolute Gasteiger partial charge is 0.467 e. The van der Waals surface area contributed by atoms with Crippen LogP contribution >= 0.6 is 0 Å². The summed E-state index contributed by atoms with van der Waals surface area (Å²) in [5.41, 5.74) is 3.58. The van der Waals surface area contributed by atoms with Crippen molar-refractivity contribution in [1.29, 1.82) is 0 Å². The number of benzene rings is 1. The average molecular weight is 388 g/mol. The van der Waals surface area contributed by atoms with Crippen LogP contribution in [0, 0.1) is 11.6 Å². The number of aliphatic hydroxyl groups is 1. The van der Waals surface area contributed by atoms with Crippen LogP contribution in [-0.2, 0) is 19.1 Å². The second-order valence-corrected chi connectivity index (χ2v) is 6.60. The topological polar surface area (TPSA) is 128 Å². The van der Waals surface area contributed by atoms with Crippen LogP contribution in [0.3, 0.4) is 0 Å². The van der Waals surface area contributed by atoms with E-state index in [1.54, 1.807) is 20.8 Å². The lowest BCUT2D eigenvalue weighted by molar-refractivity contribution is -0.156. The van der Waals surface area contributed by atoms with Gasteiger partial charge in [-0.05, 0) is 38.5 Å². The molecule has 10 heteroatoms. The molecule has 2 atom stereocenters. The maximum absolute atomic E-state index is 14.3. The van der Waals surface area contributed by atoms with Gasteiger partial charge in [0, 0.05) is 0 Å². The van der Waals surface area contributed by atoms with Crippen molar-refractivity contribution < 1.29 is 37.7 Å². The Morgan fingerprint density at radius 3 is 2.11 bits per heavy atom. The van der Waals surface area contributed by atoms with E-state index in [1.165, 1.54) is 0 Å². The molecule has 27 heavy (non-hydrogen) atoms. The van der Waals surface area contributed by atoms with Crippen LogP contribution in [0.2, 0.25) is 0 Å². The zero-order valence-electron chi connectivity index (χ0n) is 15.3. The van der Waals surface area contributed by atoms with Crippen LogP contribution in [-0.4, -0.2) is 48.3 Å². The normalized spacial score (nSPS) is 13.5. The van der Waals surface area contributed by atoms with Gasteiger partial charge in [-0.2, -0.15) is 0 Å². The summed E-state index contributed by atoms with van der Waals surface area (Å²) in [6, 6.07) is -1.52. The van der Waals surface area contributed by atoms with E-state index in [9.17, 15) is 23.2 Å². The molecule has 1 rings (SSSR count). The number of nitrogens with one attached hydrogen (secondary N) is 1. The first-order valence-corrected chi connectivity index (χ1v) is 7.88. The van der Waals surface area contributed by atoms with Crippen molar-refractivity contribution in [2.24, 2.45) is 5.73 Å². The summed E-state index contributed by atoms with van der Waals surface area (Å²) in [5.74, 6) is -5.78. The highest BCUT2D eigenvalue weighted by Crippen LogP contribution is 2.22. The van der Waals surface area contributed by atoms with Crippen LogP contribution in [0.1, 0.15) is 42.7 Å². The number of aliphatic hydroxyl groups excluding tert-OH is 1. The van der Waals surface area contributed by atoms with Gasteiger partial charge in [-0.3, -0.25) is 4.79 Å². The van der Waals surface area contributed by atoms with Gasteiger partial charge < -0.3 is 25.6 Å². The summed E-state index contributed by atoms with van der Waals surface area (Å²) >= 11 is 0. The predicted molar refractivity (Wildman–Crippen MR) is 89.5 cm³/mol. The predicted octanol–water partition coefficient (Wildman–Crippen LogP) is 0.570. The molecule has 150 valence electrons. The summed E-state index contributed by atoms with van der Waals surface area (Å²) < 4.78 is 37.9. The highest BCUT2D eigenvalue weighted by Gasteiger charge is 2.28. The molecular weight excluding hydrogens is 366 g/mol. The fourth-order valence-corrected chi connectivity index (χ4v) is 2.04. The number of esters is 2. The fourth-order valence-electron chi connectivity index (χ4n) is 2.04. The van der Waals surface area contributed by atoms with E-state index in [2.05, 4.69) is 4.74 Å². The van der Waals surface area contributed by atoms with E-state index in [4.69, 9.17) is 15.6 Å². The van der Waals surface area contributed by atoms with Crippen LogP contribution in [0.15, 0.2) is 12.1 Å². The third kappa shape index (κ3) is 5.97. The third-order valence-corrected chi connectivity index (χ3v) is 3.28. The van der Waals surface area contributed by atoms with Crippen molar-refractivity contribution in [3.05, 3.63) is 34.9 Å². The number of ether oxygens (including phenoxy) is 2. The van der Waals surface area contributed by atoms with Crippen LogP contribution in [0.5, 0.6) is 0 Å². The van der Waals surface area contributed by atoms with Crippen molar-refractivity contribution in [2.75, 3.05) is 13.7 Å². The number of amides is 1. The van der Waals surface area contributed by atoms with Crippen LogP contribution < -0.4 is 11.1 Å². The Hall–Kier alpha value is -2.59. The number of carbonyl (C=O) groups excluding carboxylic acids is 3. The minimum atomic E-state index is -1.50. The maximum Gasteiger partial charge on any atom is 0.330 e. The molecule has 1 amide bonds. The molecular formula is C17H22F2N2O6. The number of rotatable bonds is 6. The Labute approximate surface area is 154 Å². The average Bonchev–Trinajstić information content (AvgIpc) is 2.55. The molecule has 2 unspecified atom stereocenters. The lowest BCUT2D eigenvalue weighted by Crippen LogP contribution is -2.44. The van der Waals surface area contributed by atoms with Gasteiger partial charge in [-0.15, -0.1) is 0 Å². The first-order valence-electron chi connectivity index (χ1n) is 7.88. The second kappa shape index (κ2) is 8.87. The van der Waals surface area contributed by atoms with Crippen LogP contribution in [0.4, 0.5) is 8.78 Å².